The molecule has 5 rings (SSSR count). The maximum atomic E-state index is 5.74. The predicted octanol–water partition coefficient (Wildman–Crippen LogP) is 2.46. The van der Waals surface area contributed by atoms with Crippen LogP contribution in [-0.2, 0) is 13.6 Å². The molecule has 0 radical (unpaired) electrons. The summed E-state index contributed by atoms with van der Waals surface area (Å²) in [7, 11) is 5.96. The van der Waals surface area contributed by atoms with E-state index >= 15 is 0 Å². The van der Waals surface area contributed by atoms with Crippen molar-refractivity contribution >= 4 is 11.3 Å². The fourth-order valence-corrected chi connectivity index (χ4v) is 3.65. The molecule has 0 amide bonds. The third-order valence-electron chi connectivity index (χ3n) is 5.39. The molecule has 11 nitrogen and oxygen atoms in total. The zero-order valence-electron chi connectivity index (χ0n) is 19.9. The SMILES string of the molecule is CN(C)CCCOc1cnc(-c2cccc(Cn3nnc4ncc(-c5cnn(C)c5)nc43)c2)nc1. The van der Waals surface area contributed by atoms with E-state index in [2.05, 4.69) is 35.3 Å². The van der Waals surface area contributed by atoms with E-state index in [0.717, 1.165) is 35.3 Å². The van der Waals surface area contributed by atoms with Gasteiger partial charge in [-0.1, -0.05) is 23.4 Å². The number of ether oxygens (including phenoxy) is 1. The summed E-state index contributed by atoms with van der Waals surface area (Å²) in [6.07, 6.45) is 9.71. The van der Waals surface area contributed by atoms with Crippen molar-refractivity contribution in [3.63, 3.8) is 0 Å². The Balaban J connectivity index is 1.31. The second-order valence-electron chi connectivity index (χ2n) is 8.50. The van der Waals surface area contributed by atoms with E-state index in [1.54, 1.807) is 34.2 Å². The fraction of sp³-hybridized carbons (Fsp3) is 0.292. The van der Waals surface area contributed by atoms with E-state index in [1.807, 2.05) is 51.6 Å². The topological polar surface area (TPSA) is 113 Å². The highest BCUT2D eigenvalue weighted by Gasteiger charge is 2.12. The first-order valence-electron chi connectivity index (χ1n) is 11.3. The van der Waals surface area contributed by atoms with Crippen molar-refractivity contribution in [2.75, 3.05) is 27.2 Å². The molecule has 0 bridgehead atoms. The summed E-state index contributed by atoms with van der Waals surface area (Å²) in [6.45, 7) is 2.10. The van der Waals surface area contributed by atoms with Crippen LogP contribution >= 0.6 is 0 Å². The number of benzene rings is 1. The average Bonchev–Trinajstić information content (AvgIpc) is 3.48. The fourth-order valence-electron chi connectivity index (χ4n) is 3.65. The molecule has 4 aromatic heterocycles. The van der Waals surface area contributed by atoms with Crippen LogP contribution < -0.4 is 4.74 Å². The van der Waals surface area contributed by atoms with Crippen LogP contribution in [0.1, 0.15) is 12.0 Å². The number of aryl methyl sites for hydroxylation is 1. The minimum absolute atomic E-state index is 0.489. The van der Waals surface area contributed by atoms with Crippen molar-refractivity contribution in [2.24, 2.45) is 7.05 Å². The largest absolute Gasteiger partial charge is 0.490 e. The summed E-state index contributed by atoms with van der Waals surface area (Å²) in [5.74, 6) is 1.30. The first-order chi connectivity index (χ1) is 17.0. The van der Waals surface area contributed by atoms with Crippen molar-refractivity contribution in [3.8, 4) is 28.4 Å². The Labute approximate surface area is 202 Å². The highest BCUT2D eigenvalue weighted by molar-refractivity contribution is 5.69. The number of hydrogen-bond acceptors (Lipinski definition) is 9. The molecule has 0 spiro atoms. The van der Waals surface area contributed by atoms with Gasteiger partial charge in [0.05, 0.1) is 43.6 Å². The quantitative estimate of drug-likeness (QED) is 0.300. The van der Waals surface area contributed by atoms with E-state index in [0.29, 0.717) is 36.0 Å². The Kier molecular flexibility index (Phi) is 6.40. The summed E-state index contributed by atoms with van der Waals surface area (Å²) in [5, 5.41) is 12.6. The van der Waals surface area contributed by atoms with Gasteiger partial charge < -0.3 is 9.64 Å². The smallest absolute Gasteiger partial charge is 0.221 e. The monoisotopic (exact) mass is 470 g/mol. The molecule has 5 aromatic rings. The summed E-state index contributed by atoms with van der Waals surface area (Å²) < 4.78 is 9.21. The van der Waals surface area contributed by atoms with Crippen molar-refractivity contribution in [3.05, 3.63) is 60.8 Å². The molecule has 0 saturated heterocycles. The highest BCUT2D eigenvalue weighted by Crippen LogP contribution is 2.21. The lowest BCUT2D eigenvalue weighted by Crippen LogP contribution is -2.15. The Morgan fingerprint density at radius 2 is 1.86 bits per heavy atom. The van der Waals surface area contributed by atoms with Crippen LogP contribution in [0.5, 0.6) is 5.75 Å². The lowest BCUT2D eigenvalue weighted by atomic mass is 10.1. The maximum Gasteiger partial charge on any atom is 0.221 e. The van der Waals surface area contributed by atoms with Gasteiger partial charge in [-0.3, -0.25) is 4.68 Å². The molecule has 0 aliphatic heterocycles. The number of fused-ring (bicyclic) bond motifs is 1. The zero-order valence-corrected chi connectivity index (χ0v) is 19.9. The van der Waals surface area contributed by atoms with Crippen molar-refractivity contribution in [1.29, 1.82) is 0 Å². The van der Waals surface area contributed by atoms with E-state index in [4.69, 9.17) is 9.72 Å². The molecule has 0 aliphatic rings. The molecule has 0 fully saturated rings. The Morgan fingerprint density at radius 3 is 2.63 bits per heavy atom. The average molecular weight is 471 g/mol. The van der Waals surface area contributed by atoms with Crippen LogP contribution in [0.2, 0.25) is 0 Å². The van der Waals surface area contributed by atoms with Crippen LogP contribution in [0, 0.1) is 0 Å². The first-order valence-corrected chi connectivity index (χ1v) is 11.3. The molecule has 1 aromatic carbocycles. The van der Waals surface area contributed by atoms with E-state index in [9.17, 15) is 0 Å². The van der Waals surface area contributed by atoms with E-state index in [-0.39, 0.29) is 0 Å². The minimum atomic E-state index is 0.489. The van der Waals surface area contributed by atoms with Crippen molar-refractivity contribution in [1.82, 2.24) is 49.6 Å². The second kappa shape index (κ2) is 9.94. The van der Waals surface area contributed by atoms with Crippen LogP contribution in [0.4, 0.5) is 0 Å². The van der Waals surface area contributed by atoms with Gasteiger partial charge in [-0.25, -0.2) is 24.6 Å². The Hall–Kier alpha value is -4.25. The lowest BCUT2D eigenvalue weighted by Gasteiger charge is -2.10. The van der Waals surface area contributed by atoms with Crippen molar-refractivity contribution in [2.45, 2.75) is 13.0 Å². The molecule has 0 unspecified atom stereocenters. The molecule has 0 aliphatic carbocycles. The van der Waals surface area contributed by atoms with E-state index < -0.39 is 0 Å². The van der Waals surface area contributed by atoms with Gasteiger partial charge in [0.1, 0.15) is 0 Å². The number of aromatic nitrogens is 9. The molecule has 11 heteroatoms. The number of nitrogens with zero attached hydrogens (tertiary/aromatic N) is 10. The number of rotatable bonds is 9. The zero-order chi connectivity index (χ0) is 24.2. The Bertz CT molecular complexity index is 1420. The van der Waals surface area contributed by atoms with Gasteiger partial charge in [-0.05, 0) is 32.1 Å². The maximum absolute atomic E-state index is 5.74. The predicted molar refractivity (Wildman–Crippen MR) is 131 cm³/mol. The number of hydrogen-bond donors (Lipinski definition) is 0. The molecular formula is C24H26N10O. The summed E-state index contributed by atoms with van der Waals surface area (Å²) in [4.78, 5) is 20.2. The molecule has 0 atom stereocenters. The minimum Gasteiger partial charge on any atom is -0.490 e. The third kappa shape index (κ3) is 5.30. The van der Waals surface area contributed by atoms with Gasteiger partial charge in [0.25, 0.3) is 0 Å². The molecule has 0 N–H and O–H groups in total. The van der Waals surface area contributed by atoms with Crippen LogP contribution in [0.15, 0.2) is 55.2 Å². The van der Waals surface area contributed by atoms with Crippen LogP contribution in [-0.4, -0.2) is 76.9 Å². The summed E-state index contributed by atoms with van der Waals surface area (Å²) in [6, 6.07) is 8.03. The van der Waals surface area contributed by atoms with Gasteiger partial charge in [0.15, 0.2) is 17.2 Å². The second-order valence-corrected chi connectivity index (χ2v) is 8.50. The standard InChI is InChI=1S/C24H26N10O/c1-32(2)8-5-9-35-20-12-25-22(26-13-20)18-7-4-6-17(10-18)15-34-24-23(30-31-34)27-14-21(29-24)19-11-28-33(3)16-19/h4,6-7,10-14,16H,5,8-9,15H2,1-3H3. The Morgan fingerprint density at radius 1 is 1.00 bits per heavy atom. The highest BCUT2D eigenvalue weighted by atomic mass is 16.5. The van der Waals surface area contributed by atoms with Crippen LogP contribution in [0.25, 0.3) is 33.9 Å². The van der Waals surface area contributed by atoms with Gasteiger partial charge in [-0.15, -0.1) is 5.10 Å². The van der Waals surface area contributed by atoms with Gasteiger partial charge in [0, 0.05) is 30.9 Å². The summed E-state index contributed by atoms with van der Waals surface area (Å²) in [5.41, 5.74) is 4.66. The first kappa shape index (κ1) is 22.5. The molecule has 4 heterocycles. The normalized spacial score (nSPS) is 11.4. The lowest BCUT2D eigenvalue weighted by molar-refractivity contribution is 0.280. The van der Waals surface area contributed by atoms with Gasteiger partial charge in [0.2, 0.25) is 5.65 Å². The van der Waals surface area contributed by atoms with Crippen molar-refractivity contribution < 1.29 is 4.74 Å². The summed E-state index contributed by atoms with van der Waals surface area (Å²) >= 11 is 0. The van der Waals surface area contributed by atoms with Gasteiger partial charge >= 0.3 is 0 Å². The van der Waals surface area contributed by atoms with Crippen LogP contribution in [0.3, 0.4) is 0 Å². The molecule has 0 saturated carbocycles. The van der Waals surface area contributed by atoms with E-state index in [1.165, 1.54) is 0 Å². The molecule has 35 heavy (non-hydrogen) atoms. The van der Waals surface area contributed by atoms with Gasteiger partial charge in [-0.2, -0.15) is 5.10 Å². The molecule has 178 valence electrons. The third-order valence-corrected chi connectivity index (χ3v) is 5.39. The molecular weight excluding hydrogens is 444 g/mol.